The Morgan fingerprint density at radius 3 is 2.48 bits per heavy atom. The number of nitriles is 2. The first kappa shape index (κ1) is 23.0. The predicted molar refractivity (Wildman–Crippen MR) is 112 cm³/mol. The normalized spacial score (nSPS) is 11.4. The zero-order chi connectivity index (χ0) is 23.0. The van der Waals surface area contributed by atoms with Crippen LogP contribution in [0.1, 0.15) is 25.0 Å². The Labute approximate surface area is 179 Å². The molecule has 0 bridgehead atoms. The molecule has 0 radical (unpaired) electrons. The molecular weight excluding hydrogens is 400 g/mol. The summed E-state index contributed by atoms with van der Waals surface area (Å²) in [6.45, 7) is 5.66. The lowest BCUT2D eigenvalue weighted by Crippen LogP contribution is -2.40. The van der Waals surface area contributed by atoms with Gasteiger partial charge in [-0.05, 0) is 50.6 Å². The Morgan fingerprint density at radius 1 is 1.23 bits per heavy atom. The van der Waals surface area contributed by atoms with E-state index in [9.17, 15) is 20.2 Å². The van der Waals surface area contributed by atoms with Crippen LogP contribution in [0.5, 0.6) is 0 Å². The number of nitro groups is 1. The molecule has 0 N–H and O–H groups in total. The second-order valence-electron chi connectivity index (χ2n) is 6.47. The molecule has 1 unspecified atom stereocenters. The third-order valence-electron chi connectivity index (χ3n) is 4.52. The zero-order valence-electron chi connectivity index (χ0n) is 17.3. The number of aryl methyl sites for hydroxylation is 1. The molecule has 1 atom stereocenters. The van der Waals surface area contributed by atoms with Crippen LogP contribution in [-0.2, 0) is 9.53 Å². The van der Waals surface area contributed by atoms with Crippen molar-refractivity contribution in [3.8, 4) is 12.1 Å². The van der Waals surface area contributed by atoms with Crippen LogP contribution < -0.4 is 4.90 Å². The summed E-state index contributed by atoms with van der Waals surface area (Å²) >= 11 is 0. The number of benzene rings is 2. The zero-order valence-corrected chi connectivity index (χ0v) is 17.3. The van der Waals surface area contributed by atoms with Crippen molar-refractivity contribution in [3.63, 3.8) is 0 Å². The fourth-order valence-corrected chi connectivity index (χ4v) is 2.88. The molecule has 0 aliphatic rings. The number of likely N-dealkylation sites (N-methyl/N-ethyl adjacent to an activating group) is 1. The number of nitrogens with zero attached hydrogens (tertiary/aromatic N) is 6. The van der Waals surface area contributed by atoms with Crippen molar-refractivity contribution in [2.45, 2.75) is 26.8 Å². The first-order valence-electron chi connectivity index (χ1n) is 9.33. The number of carbonyl (C=O) groups is 1. The Balaban J connectivity index is 2.26. The highest BCUT2D eigenvalue weighted by atomic mass is 16.6. The second kappa shape index (κ2) is 10.5. The van der Waals surface area contributed by atoms with Crippen molar-refractivity contribution in [2.75, 3.05) is 18.1 Å². The van der Waals surface area contributed by atoms with Gasteiger partial charge in [0, 0.05) is 24.4 Å². The summed E-state index contributed by atoms with van der Waals surface area (Å²) in [5.74, 6) is -0.493. The lowest BCUT2D eigenvalue weighted by molar-refractivity contribution is -0.384. The molecule has 0 saturated heterocycles. The molecule has 0 spiro atoms. The van der Waals surface area contributed by atoms with E-state index in [2.05, 4.69) is 10.2 Å². The molecule has 0 heterocycles. The lowest BCUT2D eigenvalue weighted by Gasteiger charge is -2.28. The van der Waals surface area contributed by atoms with Gasteiger partial charge in [-0.2, -0.15) is 15.6 Å². The maximum atomic E-state index is 12.1. The van der Waals surface area contributed by atoms with Gasteiger partial charge in [0.1, 0.15) is 23.9 Å². The van der Waals surface area contributed by atoms with E-state index in [1.54, 1.807) is 25.1 Å². The fourth-order valence-electron chi connectivity index (χ4n) is 2.88. The van der Waals surface area contributed by atoms with Gasteiger partial charge in [0.15, 0.2) is 6.61 Å². The van der Waals surface area contributed by atoms with Crippen LogP contribution in [0.3, 0.4) is 0 Å². The highest BCUT2D eigenvalue weighted by Crippen LogP contribution is 2.29. The van der Waals surface area contributed by atoms with E-state index in [4.69, 9.17) is 10.00 Å². The van der Waals surface area contributed by atoms with Gasteiger partial charge in [-0.1, -0.05) is 0 Å². The van der Waals surface area contributed by atoms with Crippen LogP contribution in [0, 0.1) is 39.7 Å². The first-order valence-corrected chi connectivity index (χ1v) is 9.33. The molecule has 0 saturated carbocycles. The SMILES string of the molecule is CCN(c1ccc(/N=N/c2ccc([N+](=O)[O-])cc2C#N)c(C)c1)C(C)C(=O)OCC#N. The van der Waals surface area contributed by atoms with Gasteiger partial charge < -0.3 is 9.64 Å². The van der Waals surface area contributed by atoms with Crippen molar-refractivity contribution in [2.24, 2.45) is 10.2 Å². The Hall–Kier alpha value is -4.31. The summed E-state index contributed by atoms with van der Waals surface area (Å²) in [4.78, 5) is 24.2. The van der Waals surface area contributed by atoms with Gasteiger partial charge in [0.05, 0.1) is 16.2 Å². The van der Waals surface area contributed by atoms with E-state index >= 15 is 0 Å². The largest absolute Gasteiger partial charge is 0.449 e. The van der Waals surface area contributed by atoms with Crippen LogP contribution >= 0.6 is 0 Å². The van der Waals surface area contributed by atoms with Gasteiger partial charge in [0.25, 0.3) is 5.69 Å². The van der Waals surface area contributed by atoms with Crippen molar-refractivity contribution in [1.29, 1.82) is 10.5 Å². The molecular formula is C21H20N6O4. The molecule has 2 rings (SSSR count). The number of carbonyl (C=O) groups excluding carboxylic acids is 1. The van der Waals surface area contributed by atoms with Crippen LogP contribution in [0.15, 0.2) is 46.6 Å². The van der Waals surface area contributed by atoms with Crippen molar-refractivity contribution >= 4 is 28.7 Å². The monoisotopic (exact) mass is 420 g/mol. The van der Waals surface area contributed by atoms with Gasteiger partial charge >= 0.3 is 5.97 Å². The summed E-state index contributed by atoms with van der Waals surface area (Å²) < 4.78 is 4.90. The lowest BCUT2D eigenvalue weighted by atomic mass is 10.1. The number of nitro benzene ring substituents is 1. The fraction of sp³-hybridized carbons (Fsp3) is 0.286. The molecule has 2 aromatic rings. The molecule has 2 aromatic carbocycles. The molecule has 0 aromatic heterocycles. The van der Waals surface area contributed by atoms with Gasteiger partial charge in [-0.3, -0.25) is 10.1 Å². The van der Waals surface area contributed by atoms with Crippen LogP contribution in [-0.4, -0.2) is 30.1 Å². The van der Waals surface area contributed by atoms with Crippen LogP contribution in [0.4, 0.5) is 22.7 Å². The van der Waals surface area contributed by atoms with E-state index < -0.39 is 16.9 Å². The molecule has 31 heavy (non-hydrogen) atoms. The maximum Gasteiger partial charge on any atom is 0.329 e. The summed E-state index contributed by atoms with van der Waals surface area (Å²) in [5.41, 5.74) is 2.17. The smallest absolute Gasteiger partial charge is 0.329 e. The first-order chi connectivity index (χ1) is 14.8. The molecule has 0 aliphatic heterocycles. The Kier molecular flexibility index (Phi) is 7.75. The average Bonchev–Trinajstić information content (AvgIpc) is 2.77. The minimum atomic E-state index is -0.582. The minimum Gasteiger partial charge on any atom is -0.449 e. The molecule has 0 amide bonds. The number of hydrogen-bond donors (Lipinski definition) is 0. The summed E-state index contributed by atoms with van der Waals surface area (Å²) in [6.07, 6.45) is 0. The van der Waals surface area contributed by atoms with E-state index in [0.717, 1.165) is 17.3 Å². The van der Waals surface area contributed by atoms with Crippen LogP contribution in [0.2, 0.25) is 0 Å². The molecule has 0 aliphatic carbocycles. The molecule has 0 fully saturated rings. The maximum absolute atomic E-state index is 12.1. The van der Waals surface area contributed by atoms with E-state index in [-0.39, 0.29) is 23.5 Å². The Bertz CT molecular complexity index is 1100. The van der Waals surface area contributed by atoms with Crippen LogP contribution in [0.25, 0.3) is 0 Å². The van der Waals surface area contributed by atoms with Crippen molar-refractivity contribution < 1.29 is 14.5 Å². The van der Waals surface area contributed by atoms with Gasteiger partial charge in [0.2, 0.25) is 0 Å². The average molecular weight is 420 g/mol. The highest BCUT2D eigenvalue weighted by Gasteiger charge is 2.22. The molecule has 158 valence electrons. The third-order valence-corrected chi connectivity index (χ3v) is 4.52. The molecule has 10 heteroatoms. The minimum absolute atomic E-state index is 0.0501. The van der Waals surface area contributed by atoms with Crippen molar-refractivity contribution in [1.82, 2.24) is 0 Å². The highest BCUT2D eigenvalue weighted by molar-refractivity contribution is 5.80. The number of anilines is 1. The summed E-state index contributed by atoms with van der Waals surface area (Å²) in [7, 11) is 0. The van der Waals surface area contributed by atoms with E-state index in [1.807, 2.05) is 30.9 Å². The molecule has 10 nitrogen and oxygen atoms in total. The number of azo groups is 1. The number of ether oxygens (including phenoxy) is 1. The van der Waals surface area contributed by atoms with E-state index in [0.29, 0.717) is 12.2 Å². The van der Waals surface area contributed by atoms with Crippen molar-refractivity contribution in [3.05, 3.63) is 57.6 Å². The van der Waals surface area contributed by atoms with Gasteiger partial charge in [-0.15, -0.1) is 5.11 Å². The predicted octanol–water partition coefficient (Wildman–Crippen LogP) is 4.47. The van der Waals surface area contributed by atoms with E-state index in [1.165, 1.54) is 12.1 Å². The number of hydrogen-bond acceptors (Lipinski definition) is 9. The topological polar surface area (TPSA) is 145 Å². The summed E-state index contributed by atoms with van der Waals surface area (Å²) in [5, 5.41) is 36.9. The summed E-state index contributed by atoms with van der Waals surface area (Å²) in [6, 6.07) is 12.2. The quantitative estimate of drug-likeness (QED) is 0.265. The standard InChI is InChI=1S/C21H20N6O4/c1-4-26(15(3)21(28)31-10-9-22)17-5-7-19(14(2)11-17)24-25-20-8-6-18(27(29)30)12-16(20)13-23/h5-8,11-12,15H,4,10H2,1-3H3/b25-24+. The number of non-ortho nitro benzene ring substituents is 1. The second-order valence-corrected chi connectivity index (χ2v) is 6.47. The third kappa shape index (κ3) is 5.61. The Morgan fingerprint density at radius 2 is 1.90 bits per heavy atom. The number of esters is 1. The van der Waals surface area contributed by atoms with Gasteiger partial charge in [-0.25, -0.2) is 4.79 Å². The number of rotatable bonds is 8.